The molecule has 0 N–H and O–H groups in total. The zero-order valence-corrected chi connectivity index (χ0v) is 7.94. The Bertz CT molecular complexity index is 595. The number of rotatable bonds is 1. The van der Waals surface area contributed by atoms with Crippen LogP contribution < -0.4 is 0 Å². The largest absolute Gasteiger partial charge is 0.257 e. The molecule has 0 amide bonds. The molecule has 72 valence electrons. The van der Waals surface area contributed by atoms with Gasteiger partial charge in [-0.15, -0.1) is 0 Å². The zero-order chi connectivity index (χ0) is 13.2. The lowest BCUT2D eigenvalue weighted by molar-refractivity contribution is 1.27. The van der Waals surface area contributed by atoms with Gasteiger partial charge in [-0.25, -0.2) is 4.85 Å². The van der Waals surface area contributed by atoms with E-state index in [4.69, 9.17) is 10.7 Å². The second kappa shape index (κ2) is 3.93. The van der Waals surface area contributed by atoms with Gasteiger partial charge in [-0.1, -0.05) is 30.3 Å². The molecule has 0 saturated carbocycles. The number of aryl methyl sites for hydroxylation is 1. The average Bonchev–Trinajstić information content (AvgIpc) is 2.38. The smallest absolute Gasteiger partial charge is 0.196 e. The quantitative estimate of drug-likeness (QED) is 0.638. The van der Waals surface area contributed by atoms with Crippen molar-refractivity contribution in [1.29, 1.82) is 0 Å². The van der Waals surface area contributed by atoms with Gasteiger partial charge in [0.25, 0.3) is 0 Å². The lowest BCUT2D eigenvalue weighted by atomic mass is 10.1. The van der Waals surface area contributed by atoms with E-state index in [-0.39, 0.29) is 5.56 Å². The predicted octanol–water partition coefficient (Wildman–Crippen LogP) is 3.61. The maximum absolute atomic E-state index is 7.27. The van der Waals surface area contributed by atoms with Crippen LogP contribution in [0.2, 0.25) is 0 Å². The number of aromatic nitrogens is 1. The van der Waals surface area contributed by atoms with Gasteiger partial charge in [0.2, 0.25) is 0 Å². The van der Waals surface area contributed by atoms with Gasteiger partial charge in [-0.3, -0.25) is 4.98 Å². The van der Waals surface area contributed by atoms with E-state index in [1.807, 2.05) is 6.07 Å². The van der Waals surface area contributed by atoms with Crippen LogP contribution in [-0.4, -0.2) is 4.98 Å². The van der Waals surface area contributed by atoms with Gasteiger partial charge in [-0.2, -0.15) is 0 Å². The molecule has 0 spiro atoms. The molecule has 2 aromatic rings. The van der Waals surface area contributed by atoms with Crippen molar-refractivity contribution in [3.05, 3.63) is 59.6 Å². The van der Waals surface area contributed by atoms with Crippen molar-refractivity contribution in [1.82, 2.24) is 4.98 Å². The minimum Gasteiger partial charge on any atom is -0.257 e. The fraction of sp³-hybridized carbons (Fsp3) is 0.0769. The van der Waals surface area contributed by atoms with E-state index in [2.05, 4.69) is 9.83 Å². The molecular weight excluding hydrogens is 184 g/mol. The first-order chi connectivity index (χ1) is 8.52. The average molecular weight is 197 g/mol. The van der Waals surface area contributed by atoms with Crippen molar-refractivity contribution in [3.63, 3.8) is 0 Å². The summed E-state index contributed by atoms with van der Waals surface area (Å²) in [4.78, 5) is 7.54. The molecule has 0 atom stereocenters. The van der Waals surface area contributed by atoms with Gasteiger partial charge in [0.15, 0.2) is 5.69 Å². The Labute approximate surface area is 93.3 Å². The first-order valence-corrected chi connectivity index (χ1v) is 4.46. The highest BCUT2D eigenvalue weighted by atomic mass is 14.7. The van der Waals surface area contributed by atoms with Gasteiger partial charge in [0.1, 0.15) is 0 Å². The van der Waals surface area contributed by atoms with E-state index in [9.17, 15) is 0 Å². The monoisotopic (exact) mass is 197 g/mol. The highest BCUT2D eigenvalue weighted by Crippen LogP contribution is 2.28. The van der Waals surface area contributed by atoms with Gasteiger partial charge in [0.05, 0.1) is 12.3 Å². The van der Waals surface area contributed by atoms with Crippen molar-refractivity contribution < 1.29 is 4.11 Å². The normalized spacial score (nSPS) is 13.4. The zero-order valence-electron chi connectivity index (χ0n) is 10.9. The third kappa shape index (κ3) is 1.87. The van der Waals surface area contributed by atoms with E-state index in [1.165, 1.54) is 12.3 Å². The fourth-order valence-electron chi connectivity index (χ4n) is 1.34. The van der Waals surface area contributed by atoms with E-state index in [1.54, 1.807) is 24.3 Å². The maximum Gasteiger partial charge on any atom is 0.196 e. The molecule has 0 fully saturated rings. The van der Waals surface area contributed by atoms with Gasteiger partial charge < -0.3 is 0 Å². The summed E-state index contributed by atoms with van der Waals surface area (Å²) in [5.41, 5.74) is 2.03. The molecule has 0 unspecified atom stereocenters. The van der Waals surface area contributed by atoms with Crippen LogP contribution >= 0.6 is 0 Å². The first kappa shape index (κ1) is 6.36. The summed E-state index contributed by atoms with van der Waals surface area (Å²) in [6.45, 7) is 4.93. The molecule has 2 heteroatoms. The van der Waals surface area contributed by atoms with E-state index < -0.39 is 6.85 Å². The van der Waals surface area contributed by atoms with Crippen LogP contribution in [0.5, 0.6) is 0 Å². The molecule has 1 aromatic heterocycles. The van der Waals surface area contributed by atoms with Crippen LogP contribution in [0.3, 0.4) is 0 Å². The molecule has 0 aliphatic rings. The SMILES string of the molecule is [2H]C([2H])([2H])c1ccc(-c2ccccc2[N+]#[C-])nc1. The van der Waals surface area contributed by atoms with Crippen LogP contribution in [0.15, 0.2) is 42.6 Å². The molecule has 0 saturated heterocycles. The number of hydrogen-bond acceptors (Lipinski definition) is 1. The van der Waals surface area contributed by atoms with E-state index >= 15 is 0 Å². The second-order valence-electron chi connectivity index (χ2n) is 3.06. The molecule has 0 bridgehead atoms. The fourth-order valence-corrected chi connectivity index (χ4v) is 1.34. The molecule has 0 aliphatic heterocycles. The summed E-state index contributed by atoms with van der Waals surface area (Å²) in [7, 11) is 0. The van der Waals surface area contributed by atoms with Crippen LogP contribution in [-0.2, 0) is 0 Å². The van der Waals surface area contributed by atoms with Crippen molar-refractivity contribution in [2.45, 2.75) is 6.85 Å². The predicted molar refractivity (Wildman–Crippen MR) is 60.7 cm³/mol. The third-order valence-corrected chi connectivity index (χ3v) is 2.06. The Balaban J connectivity index is 2.45. The summed E-state index contributed by atoms with van der Waals surface area (Å²) >= 11 is 0. The summed E-state index contributed by atoms with van der Waals surface area (Å²) in [5, 5.41) is 0. The Morgan fingerprint density at radius 1 is 1.27 bits per heavy atom. The van der Waals surface area contributed by atoms with Crippen molar-refractivity contribution >= 4 is 5.69 Å². The number of hydrogen-bond donors (Lipinski definition) is 0. The van der Waals surface area contributed by atoms with Crippen LogP contribution in [0.1, 0.15) is 9.68 Å². The molecule has 2 rings (SSSR count). The molecule has 0 radical (unpaired) electrons. The first-order valence-electron chi connectivity index (χ1n) is 5.96. The Morgan fingerprint density at radius 3 is 2.80 bits per heavy atom. The van der Waals surface area contributed by atoms with E-state index in [0.29, 0.717) is 16.9 Å². The molecule has 0 aliphatic carbocycles. The summed E-state index contributed by atoms with van der Waals surface area (Å²) in [6.07, 6.45) is 1.34. The highest BCUT2D eigenvalue weighted by Gasteiger charge is 2.04. The Kier molecular flexibility index (Phi) is 1.67. The minimum absolute atomic E-state index is 0.201. The Morgan fingerprint density at radius 2 is 2.13 bits per heavy atom. The number of para-hydroxylation sites is 1. The number of benzene rings is 1. The van der Waals surface area contributed by atoms with Gasteiger partial charge in [0, 0.05) is 15.9 Å². The topological polar surface area (TPSA) is 17.2 Å². The molecule has 1 heterocycles. The van der Waals surface area contributed by atoms with Gasteiger partial charge in [-0.05, 0) is 18.5 Å². The van der Waals surface area contributed by atoms with Gasteiger partial charge >= 0.3 is 0 Å². The summed E-state index contributed by atoms with van der Waals surface area (Å²) < 4.78 is 21.8. The maximum atomic E-state index is 7.27. The third-order valence-electron chi connectivity index (χ3n) is 2.06. The van der Waals surface area contributed by atoms with E-state index in [0.717, 1.165) is 0 Å². The van der Waals surface area contributed by atoms with Crippen molar-refractivity contribution in [2.75, 3.05) is 0 Å². The van der Waals surface area contributed by atoms with Crippen LogP contribution in [0.25, 0.3) is 16.1 Å². The number of nitrogens with zero attached hydrogens (tertiary/aromatic N) is 2. The van der Waals surface area contributed by atoms with Crippen LogP contribution in [0, 0.1) is 13.4 Å². The molecule has 2 nitrogen and oxygen atoms in total. The lowest BCUT2D eigenvalue weighted by Crippen LogP contribution is -1.83. The Hall–Kier alpha value is -2.14. The molecular formula is C13H10N2. The molecule has 1 aromatic carbocycles. The number of pyridine rings is 1. The standard InChI is InChI=1S/C13H10N2/c1-10-7-8-13(15-9-10)11-5-3-4-6-12(11)14-2/h3-9H,1H3/i1D3. The van der Waals surface area contributed by atoms with Crippen LogP contribution in [0.4, 0.5) is 5.69 Å². The summed E-state index contributed by atoms with van der Waals surface area (Å²) in [6, 6.07) is 10.3. The van der Waals surface area contributed by atoms with Crippen molar-refractivity contribution in [3.8, 4) is 11.3 Å². The lowest BCUT2D eigenvalue weighted by Gasteiger charge is -2.02. The minimum atomic E-state index is -2.15. The molecule has 15 heavy (non-hydrogen) atoms. The second-order valence-corrected chi connectivity index (χ2v) is 3.06. The highest BCUT2D eigenvalue weighted by molar-refractivity contribution is 5.75. The summed E-state index contributed by atoms with van der Waals surface area (Å²) in [5.74, 6) is 0. The van der Waals surface area contributed by atoms with Crippen molar-refractivity contribution in [2.24, 2.45) is 0 Å².